The number of anilines is 1. The Hall–Kier alpha value is -2.01. The Kier molecular flexibility index (Phi) is 11.6. The van der Waals surface area contributed by atoms with E-state index >= 15 is 0 Å². The summed E-state index contributed by atoms with van der Waals surface area (Å²) in [5.74, 6) is -0.0430. The molecule has 7 nitrogen and oxygen atoms in total. The largest absolute Gasteiger partial charge is 0.397 e. The number of rotatable bonds is 8. The van der Waals surface area contributed by atoms with E-state index in [9.17, 15) is 21.2 Å². The second kappa shape index (κ2) is 14.2. The van der Waals surface area contributed by atoms with Gasteiger partial charge in [-0.2, -0.15) is 0 Å². The van der Waals surface area contributed by atoms with Gasteiger partial charge in [-0.05, 0) is 113 Å². The molecule has 10 heteroatoms. The van der Waals surface area contributed by atoms with Crippen LogP contribution in [0.4, 0.5) is 10.1 Å². The standard InChI is InChI=1S/C15H22FNO2S.C15H24N2O2S/c2*1-3-9-17-10-7-12(8-11-17)13-5-4-6-14(15(13)16)20(2,18)19/h4-6,12H,3,7-11H2,1-2H3;4-6,12H,3,7-11,16H2,1-2H3. The number of halogens is 1. The molecule has 0 unspecified atom stereocenters. The van der Waals surface area contributed by atoms with E-state index in [-0.39, 0.29) is 15.7 Å². The Labute approximate surface area is 240 Å². The SMILES string of the molecule is CCCN1CCC(c2cccc(S(C)(=O)=O)c2F)CC1.CCCN1CCC(c2cccc(S(C)(=O)=O)c2N)CC1. The molecule has 2 aliphatic heterocycles. The lowest BCUT2D eigenvalue weighted by Crippen LogP contribution is -2.33. The molecule has 0 amide bonds. The number of nitrogen functional groups attached to an aromatic ring is 1. The van der Waals surface area contributed by atoms with Crippen LogP contribution >= 0.6 is 0 Å². The minimum absolute atomic E-state index is 0.129. The third-order valence-electron chi connectivity index (χ3n) is 8.03. The van der Waals surface area contributed by atoms with Crippen molar-refractivity contribution in [2.24, 2.45) is 0 Å². The molecule has 2 fully saturated rings. The summed E-state index contributed by atoms with van der Waals surface area (Å²) in [6.07, 6.45) is 8.47. The summed E-state index contributed by atoms with van der Waals surface area (Å²) in [4.78, 5) is 4.94. The molecule has 2 N–H and O–H groups in total. The predicted molar refractivity (Wildman–Crippen MR) is 161 cm³/mol. The molecule has 0 saturated carbocycles. The van der Waals surface area contributed by atoms with Gasteiger partial charge in [0.25, 0.3) is 0 Å². The minimum Gasteiger partial charge on any atom is -0.397 e. The molecule has 0 radical (unpaired) electrons. The molecule has 224 valence electrons. The highest BCUT2D eigenvalue weighted by molar-refractivity contribution is 7.91. The van der Waals surface area contributed by atoms with Crippen LogP contribution in [0.25, 0.3) is 0 Å². The van der Waals surface area contributed by atoms with Crippen molar-refractivity contribution in [2.75, 3.05) is 57.5 Å². The van der Waals surface area contributed by atoms with Crippen LogP contribution in [-0.2, 0) is 19.7 Å². The summed E-state index contributed by atoms with van der Waals surface area (Å²) in [6.45, 7) is 10.6. The molecular formula is C30H46FN3O4S2. The number of likely N-dealkylation sites (tertiary alicyclic amines) is 2. The maximum Gasteiger partial charge on any atom is 0.178 e. The number of sulfone groups is 2. The van der Waals surface area contributed by atoms with Crippen LogP contribution < -0.4 is 5.73 Å². The normalized spacial score (nSPS) is 18.3. The summed E-state index contributed by atoms with van der Waals surface area (Å²) in [5, 5.41) is 0. The van der Waals surface area contributed by atoms with Crippen molar-refractivity contribution in [2.45, 2.75) is 74.0 Å². The number of hydrogen-bond donors (Lipinski definition) is 1. The average molecular weight is 596 g/mol. The lowest BCUT2D eigenvalue weighted by Gasteiger charge is -2.32. The van der Waals surface area contributed by atoms with Crippen molar-refractivity contribution < 1.29 is 21.2 Å². The Morgan fingerprint density at radius 3 is 1.55 bits per heavy atom. The summed E-state index contributed by atoms with van der Waals surface area (Å²) in [6, 6.07) is 10.1. The van der Waals surface area contributed by atoms with E-state index in [2.05, 4.69) is 23.6 Å². The quantitative estimate of drug-likeness (QED) is 0.425. The zero-order valence-corrected chi connectivity index (χ0v) is 26.0. The third kappa shape index (κ3) is 8.50. The number of hydrogen-bond acceptors (Lipinski definition) is 7. The van der Waals surface area contributed by atoms with Crippen LogP contribution in [0, 0.1) is 5.82 Å². The number of para-hydroxylation sites is 1. The van der Waals surface area contributed by atoms with E-state index in [0.717, 1.165) is 83.2 Å². The second-order valence-electron chi connectivity index (χ2n) is 11.2. The van der Waals surface area contributed by atoms with Gasteiger partial charge in [-0.15, -0.1) is 0 Å². The van der Waals surface area contributed by atoms with E-state index < -0.39 is 25.5 Å². The van der Waals surface area contributed by atoms with Crippen molar-refractivity contribution in [3.8, 4) is 0 Å². The van der Waals surface area contributed by atoms with Gasteiger partial charge in [0.15, 0.2) is 19.7 Å². The highest BCUT2D eigenvalue weighted by atomic mass is 32.2. The van der Waals surface area contributed by atoms with Crippen LogP contribution in [-0.4, -0.2) is 78.4 Å². The van der Waals surface area contributed by atoms with Crippen LogP contribution in [0.2, 0.25) is 0 Å². The third-order valence-corrected chi connectivity index (χ3v) is 10.3. The molecule has 0 aromatic heterocycles. The molecule has 2 aromatic carbocycles. The summed E-state index contributed by atoms with van der Waals surface area (Å²) >= 11 is 0. The molecule has 2 aromatic rings. The number of nitrogens with two attached hydrogens (primary N) is 1. The Morgan fingerprint density at radius 2 is 1.12 bits per heavy atom. The van der Waals surface area contributed by atoms with Crippen molar-refractivity contribution in [3.05, 3.63) is 53.3 Å². The van der Waals surface area contributed by atoms with Crippen molar-refractivity contribution in [1.29, 1.82) is 0 Å². The maximum atomic E-state index is 14.4. The summed E-state index contributed by atoms with van der Waals surface area (Å²) in [5.41, 5.74) is 8.11. The zero-order chi connectivity index (χ0) is 29.5. The Morgan fingerprint density at radius 1 is 0.725 bits per heavy atom. The maximum absolute atomic E-state index is 14.4. The fourth-order valence-electron chi connectivity index (χ4n) is 5.94. The lowest BCUT2D eigenvalue weighted by molar-refractivity contribution is 0.211. The zero-order valence-electron chi connectivity index (χ0n) is 24.4. The average Bonchev–Trinajstić information content (AvgIpc) is 2.89. The highest BCUT2D eigenvalue weighted by Gasteiger charge is 2.26. The Balaban J connectivity index is 0.000000220. The van der Waals surface area contributed by atoms with Crippen molar-refractivity contribution >= 4 is 25.4 Å². The molecule has 4 rings (SSSR count). The first-order valence-corrected chi connectivity index (χ1v) is 18.2. The van der Waals surface area contributed by atoms with Gasteiger partial charge in [0, 0.05) is 12.5 Å². The fraction of sp³-hybridized carbons (Fsp3) is 0.600. The number of benzene rings is 2. The topological polar surface area (TPSA) is 101 Å². The number of nitrogens with zero attached hydrogens (tertiary/aromatic N) is 2. The summed E-state index contributed by atoms with van der Waals surface area (Å²) < 4.78 is 61.0. The second-order valence-corrected chi connectivity index (χ2v) is 15.2. The van der Waals surface area contributed by atoms with Gasteiger partial charge in [-0.3, -0.25) is 0 Å². The first kappa shape index (κ1) is 32.5. The van der Waals surface area contributed by atoms with Crippen LogP contribution in [0.15, 0.2) is 46.2 Å². The van der Waals surface area contributed by atoms with Crippen LogP contribution in [0.3, 0.4) is 0 Å². The fourth-order valence-corrected chi connectivity index (χ4v) is 7.55. The first-order chi connectivity index (χ1) is 18.9. The monoisotopic (exact) mass is 595 g/mol. The van der Waals surface area contributed by atoms with Gasteiger partial charge in [0.05, 0.1) is 10.6 Å². The molecule has 0 bridgehead atoms. The predicted octanol–water partition coefficient (Wildman–Crippen LogP) is 5.08. The van der Waals surface area contributed by atoms with Gasteiger partial charge in [0.1, 0.15) is 10.7 Å². The van der Waals surface area contributed by atoms with Crippen LogP contribution in [0.5, 0.6) is 0 Å². The Bertz CT molecular complexity index is 1230. The van der Waals surface area contributed by atoms with Gasteiger partial charge in [-0.25, -0.2) is 21.2 Å². The van der Waals surface area contributed by atoms with E-state index in [0.29, 0.717) is 17.2 Å². The van der Waals surface area contributed by atoms with E-state index in [1.807, 2.05) is 6.07 Å². The van der Waals surface area contributed by atoms with Crippen molar-refractivity contribution in [3.63, 3.8) is 0 Å². The van der Waals surface area contributed by atoms with Gasteiger partial charge in [0.2, 0.25) is 0 Å². The molecule has 2 heterocycles. The van der Waals surface area contributed by atoms with Gasteiger partial charge < -0.3 is 15.5 Å². The molecule has 2 aliphatic rings. The molecule has 40 heavy (non-hydrogen) atoms. The van der Waals surface area contributed by atoms with E-state index in [1.54, 1.807) is 24.3 Å². The smallest absolute Gasteiger partial charge is 0.178 e. The van der Waals surface area contributed by atoms with Gasteiger partial charge >= 0.3 is 0 Å². The molecule has 0 aliphatic carbocycles. The highest BCUT2D eigenvalue weighted by Crippen LogP contribution is 2.35. The first-order valence-electron chi connectivity index (χ1n) is 14.4. The molecule has 2 saturated heterocycles. The van der Waals surface area contributed by atoms with E-state index in [1.165, 1.54) is 18.7 Å². The van der Waals surface area contributed by atoms with E-state index in [4.69, 9.17) is 5.73 Å². The number of piperidine rings is 2. The lowest BCUT2D eigenvalue weighted by atomic mass is 9.88. The molecule has 0 spiro atoms. The molecular weight excluding hydrogens is 549 g/mol. The summed E-state index contributed by atoms with van der Waals surface area (Å²) in [7, 11) is -6.75. The minimum atomic E-state index is -3.50. The van der Waals surface area contributed by atoms with Gasteiger partial charge in [-0.1, -0.05) is 38.1 Å². The molecule has 0 atom stereocenters. The van der Waals surface area contributed by atoms with Crippen molar-refractivity contribution in [1.82, 2.24) is 9.80 Å². The van der Waals surface area contributed by atoms with Crippen LogP contribution in [0.1, 0.15) is 75.3 Å².